The Balaban J connectivity index is 2.10. The first-order valence-electron chi connectivity index (χ1n) is 6.47. The lowest BCUT2D eigenvalue weighted by Gasteiger charge is -2.10. The molecule has 1 aromatic carbocycles. The third-order valence-electron chi connectivity index (χ3n) is 2.78. The molecule has 0 radical (unpaired) electrons. The van der Waals surface area contributed by atoms with Crippen LogP contribution in [-0.4, -0.2) is 25.1 Å². The number of thiazole rings is 1. The van der Waals surface area contributed by atoms with Crippen LogP contribution in [0, 0.1) is 11.3 Å². The van der Waals surface area contributed by atoms with Gasteiger partial charge < -0.3 is 20.1 Å². The Kier molecular flexibility index (Phi) is 5.55. The summed E-state index contributed by atoms with van der Waals surface area (Å²) in [5, 5.41) is 16.9. The van der Waals surface area contributed by atoms with Gasteiger partial charge in [0.25, 0.3) is 5.91 Å². The molecule has 1 heterocycles. The van der Waals surface area contributed by atoms with Crippen molar-refractivity contribution in [1.29, 1.82) is 5.26 Å². The molecule has 2 aromatic rings. The van der Waals surface area contributed by atoms with Gasteiger partial charge >= 0.3 is 0 Å². The SMILES string of the molecule is COc1ccc(NC(=O)/C(C#N)=C\Nc2nccs2)cc1OC. The van der Waals surface area contributed by atoms with Gasteiger partial charge in [-0.1, -0.05) is 0 Å². The van der Waals surface area contributed by atoms with E-state index in [0.29, 0.717) is 22.3 Å². The quantitative estimate of drug-likeness (QED) is 0.624. The van der Waals surface area contributed by atoms with Crippen LogP contribution in [0.1, 0.15) is 0 Å². The van der Waals surface area contributed by atoms with Gasteiger partial charge in [-0.05, 0) is 12.1 Å². The van der Waals surface area contributed by atoms with Crippen molar-refractivity contribution in [1.82, 2.24) is 4.98 Å². The van der Waals surface area contributed by atoms with Gasteiger partial charge in [-0.3, -0.25) is 4.79 Å². The fraction of sp³-hybridized carbons (Fsp3) is 0.133. The van der Waals surface area contributed by atoms with Gasteiger partial charge in [-0.2, -0.15) is 5.26 Å². The number of aromatic nitrogens is 1. The summed E-state index contributed by atoms with van der Waals surface area (Å²) in [5.41, 5.74) is 0.415. The molecule has 0 aliphatic carbocycles. The van der Waals surface area contributed by atoms with Crippen LogP contribution in [0.4, 0.5) is 10.8 Å². The first-order valence-corrected chi connectivity index (χ1v) is 7.35. The Labute approximate surface area is 137 Å². The molecule has 2 N–H and O–H groups in total. The minimum atomic E-state index is -0.538. The van der Waals surface area contributed by atoms with Gasteiger partial charge in [0.2, 0.25) is 0 Å². The summed E-state index contributed by atoms with van der Waals surface area (Å²) in [7, 11) is 3.03. The Hall–Kier alpha value is -3.05. The highest BCUT2D eigenvalue weighted by atomic mass is 32.1. The number of carbonyl (C=O) groups is 1. The third kappa shape index (κ3) is 4.21. The highest BCUT2D eigenvalue weighted by Crippen LogP contribution is 2.29. The topological polar surface area (TPSA) is 96.3 Å². The Morgan fingerprint density at radius 2 is 2.13 bits per heavy atom. The number of carbonyl (C=O) groups excluding carboxylic acids is 1. The highest BCUT2D eigenvalue weighted by Gasteiger charge is 2.11. The van der Waals surface area contributed by atoms with Gasteiger partial charge in [0.1, 0.15) is 11.6 Å². The van der Waals surface area contributed by atoms with Crippen molar-refractivity contribution in [2.24, 2.45) is 0 Å². The normalized spacial score (nSPS) is 10.6. The van der Waals surface area contributed by atoms with Crippen molar-refractivity contribution in [3.63, 3.8) is 0 Å². The zero-order valence-electron chi connectivity index (χ0n) is 12.5. The Morgan fingerprint density at radius 1 is 1.35 bits per heavy atom. The molecule has 0 saturated heterocycles. The summed E-state index contributed by atoms with van der Waals surface area (Å²) in [6, 6.07) is 6.77. The third-order valence-corrected chi connectivity index (χ3v) is 3.48. The second-order valence-corrected chi connectivity index (χ2v) is 5.07. The standard InChI is InChI=1S/C15H14N4O3S/c1-21-12-4-3-11(7-13(12)22-2)19-14(20)10(8-16)9-18-15-17-5-6-23-15/h3-7,9H,1-2H3,(H,17,18)(H,19,20)/b10-9-. The molecule has 0 fully saturated rings. The predicted octanol–water partition coefficient (Wildman–Crippen LogP) is 2.62. The van der Waals surface area contributed by atoms with Crippen molar-refractivity contribution in [2.45, 2.75) is 0 Å². The maximum absolute atomic E-state index is 12.1. The minimum Gasteiger partial charge on any atom is -0.493 e. The van der Waals surface area contributed by atoms with Crippen molar-refractivity contribution in [3.05, 3.63) is 41.5 Å². The van der Waals surface area contributed by atoms with E-state index in [0.717, 1.165) is 0 Å². The van der Waals surface area contributed by atoms with E-state index >= 15 is 0 Å². The van der Waals surface area contributed by atoms with E-state index in [9.17, 15) is 4.79 Å². The Morgan fingerprint density at radius 3 is 2.74 bits per heavy atom. The molecule has 118 valence electrons. The van der Waals surface area contributed by atoms with Gasteiger partial charge in [0.05, 0.1) is 14.2 Å². The number of hydrogen-bond donors (Lipinski definition) is 2. The molecular formula is C15H14N4O3S. The summed E-state index contributed by atoms with van der Waals surface area (Å²) < 4.78 is 10.3. The lowest BCUT2D eigenvalue weighted by atomic mass is 10.2. The van der Waals surface area contributed by atoms with E-state index in [1.807, 2.05) is 6.07 Å². The molecule has 7 nitrogen and oxygen atoms in total. The molecule has 8 heteroatoms. The van der Waals surface area contributed by atoms with Crippen LogP contribution in [0.3, 0.4) is 0 Å². The molecule has 0 aliphatic rings. The van der Waals surface area contributed by atoms with Gasteiger partial charge in [-0.15, -0.1) is 11.3 Å². The largest absolute Gasteiger partial charge is 0.493 e. The second kappa shape index (κ2) is 7.82. The summed E-state index contributed by atoms with van der Waals surface area (Å²) in [4.78, 5) is 16.1. The van der Waals surface area contributed by atoms with Crippen LogP contribution in [0.5, 0.6) is 11.5 Å². The van der Waals surface area contributed by atoms with E-state index in [1.165, 1.54) is 31.8 Å². The van der Waals surface area contributed by atoms with E-state index < -0.39 is 5.91 Å². The number of nitrogens with zero attached hydrogens (tertiary/aromatic N) is 2. The lowest BCUT2D eigenvalue weighted by Crippen LogP contribution is -2.14. The minimum absolute atomic E-state index is 0.0741. The van der Waals surface area contributed by atoms with E-state index in [1.54, 1.807) is 29.8 Å². The van der Waals surface area contributed by atoms with Crippen LogP contribution in [0.15, 0.2) is 41.5 Å². The predicted molar refractivity (Wildman–Crippen MR) is 87.6 cm³/mol. The first-order chi connectivity index (χ1) is 11.2. The van der Waals surface area contributed by atoms with Gasteiger partial charge in [0.15, 0.2) is 16.6 Å². The van der Waals surface area contributed by atoms with E-state index in [4.69, 9.17) is 14.7 Å². The number of anilines is 2. The zero-order valence-corrected chi connectivity index (χ0v) is 13.3. The fourth-order valence-electron chi connectivity index (χ4n) is 1.69. The molecule has 1 aromatic heterocycles. The van der Waals surface area contributed by atoms with Gasteiger partial charge in [-0.25, -0.2) is 4.98 Å². The number of rotatable bonds is 6. The molecule has 0 unspecified atom stereocenters. The Bertz CT molecular complexity index is 751. The summed E-state index contributed by atoms with van der Waals surface area (Å²) >= 11 is 1.36. The van der Waals surface area contributed by atoms with E-state index in [2.05, 4.69) is 15.6 Å². The maximum Gasteiger partial charge on any atom is 0.267 e. The summed E-state index contributed by atoms with van der Waals surface area (Å²) in [5.74, 6) is 0.490. The number of methoxy groups -OCH3 is 2. The van der Waals surface area contributed by atoms with Crippen LogP contribution in [-0.2, 0) is 4.79 Å². The lowest BCUT2D eigenvalue weighted by molar-refractivity contribution is -0.112. The van der Waals surface area contributed by atoms with Crippen molar-refractivity contribution in [3.8, 4) is 17.6 Å². The monoisotopic (exact) mass is 330 g/mol. The van der Waals surface area contributed by atoms with Crippen LogP contribution < -0.4 is 20.1 Å². The van der Waals surface area contributed by atoms with Crippen molar-refractivity contribution >= 4 is 28.1 Å². The highest BCUT2D eigenvalue weighted by molar-refractivity contribution is 7.13. The summed E-state index contributed by atoms with van der Waals surface area (Å²) in [6.07, 6.45) is 2.94. The van der Waals surface area contributed by atoms with E-state index in [-0.39, 0.29) is 5.57 Å². The average Bonchev–Trinajstić information content (AvgIpc) is 3.08. The fourth-order valence-corrected chi connectivity index (χ4v) is 2.19. The number of nitrogens with one attached hydrogen (secondary N) is 2. The maximum atomic E-state index is 12.1. The zero-order chi connectivity index (χ0) is 16.7. The number of benzene rings is 1. The van der Waals surface area contributed by atoms with Gasteiger partial charge in [0, 0.05) is 29.5 Å². The molecule has 2 rings (SSSR count). The van der Waals surface area contributed by atoms with Crippen molar-refractivity contribution < 1.29 is 14.3 Å². The van der Waals surface area contributed by atoms with Crippen molar-refractivity contribution in [2.75, 3.05) is 24.9 Å². The van der Waals surface area contributed by atoms with Crippen LogP contribution in [0.25, 0.3) is 0 Å². The summed E-state index contributed by atoms with van der Waals surface area (Å²) in [6.45, 7) is 0. The number of nitriles is 1. The molecule has 0 atom stereocenters. The molecule has 23 heavy (non-hydrogen) atoms. The molecule has 0 spiro atoms. The van der Waals surface area contributed by atoms with Crippen LogP contribution >= 0.6 is 11.3 Å². The molecule has 0 bridgehead atoms. The second-order valence-electron chi connectivity index (χ2n) is 4.18. The molecule has 1 amide bonds. The molecule has 0 saturated carbocycles. The van der Waals surface area contributed by atoms with Crippen LogP contribution in [0.2, 0.25) is 0 Å². The number of ether oxygens (including phenoxy) is 2. The smallest absolute Gasteiger partial charge is 0.267 e. The first kappa shape index (κ1) is 16.3. The molecule has 0 aliphatic heterocycles. The number of hydrogen-bond acceptors (Lipinski definition) is 7. The number of amides is 1. The average molecular weight is 330 g/mol. The molecular weight excluding hydrogens is 316 g/mol.